The lowest BCUT2D eigenvalue weighted by molar-refractivity contribution is 0.155. The molecule has 0 bridgehead atoms. The lowest BCUT2D eigenvalue weighted by Gasteiger charge is -1.96. The molecule has 0 saturated carbocycles. The molecule has 0 radical (unpaired) electrons. The third-order valence-corrected chi connectivity index (χ3v) is 0.850. The van der Waals surface area contributed by atoms with Gasteiger partial charge in [0.25, 0.3) is 0 Å². The van der Waals surface area contributed by atoms with Gasteiger partial charge in [-0.2, -0.15) is 0 Å². The van der Waals surface area contributed by atoms with Gasteiger partial charge < -0.3 is 4.74 Å². The average molecular weight is 143 g/mol. The summed E-state index contributed by atoms with van der Waals surface area (Å²) in [5, 5.41) is 2.72. The first-order chi connectivity index (χ1) is 4.81. The van der Waals surface area contributed by atoms with Gasteiger partial charge in [0, 0.05) is 10.0 Å². The second-order valence-corrected chi connectivity index (χ2v) is 1.66. The fraction of sp³-hybridized carbons (Fsp3) is 0.800. The van der Waals surface area contributed by atoms with Crippen LogP contribution in [0, 0.1) is 0 Å². The Morgan fingerprint density at radius 3 is 3.00 bits per heavy atom. The molecule has 0 unspecified atom stereocenters. The molecule has 0 spiro atoms. The van der Waals surface area contributed by atoms with Crippen LogP contribution in [0.5, 0.6) is 0 Å². The molecule has 0 fully saturated rings. The van der Waals surface area contributed by atoms with E-state index in [1.165, 1.54) is 0 Å². The van der Waals surface area contributed by atoms with Crippen molar-refractivity contribution >= 4 is 6.09 Å². The maximum atomic E-state index is 10.3. The van der Waals surface area contributed by atoms with Crippen LogP contribution >= 0.6 is 0 Å². The minimum Gasteiger partial charge on any atom is -0.461 e. The summed E-state index contributed by atoms with van der Waals surface area (Å²) < 4.78 is 4.46. The van der Waals surface area contributed by atoms with Crippen molar-refractivity contribution in [3.63, 3.8) is 0 Å². The highest BCUT2D eigenvalue weighted by Gasteiger charge is 1.94. The predicted octanol–water partition coefficient (Wildman–Crippen LogP) is 2.23. The zero-order valence-electron chi connectivity index (χ0n) is 5.78. The molecule has 10 heavy (non-hydrogen) atoms. The summed E-state index contributed by atoms with van der Waals surface area (Å²) >= 11 is 0. The maximum absolute atomic E-state index is 10.3. The van der Waals surface area contributed by atoms with Crippen molar-refractivity contribution in [3.05, 3.63) is 10.4 Å². The molecule has 1 amide bonds. The van der Waals surface area contributed by atoms with Crippen LogP contribution in [0.15, 0.2) is 5.11 Å². The normalized spacial score (nSPS) is 8.10. The SMILES string of the molecule is CCCCOC(=O)N=[N+]=[N-]. The molecule has 0 aromatic rings. The number of azide groups is 1. The van der Waals surface area contributed by atoms with Crippen molar-refractivity contribution in [3.8, 4) is 0 Å². The molecule has 0 N–H and O–H groups in total. The summed E-state index contributed by atoms with van der Waals surface area (Å²) in [4.78, 5) is 12.5. The molecule has 0 heterocycles. The number of nitrogens with zero attached hydrogens (tertiary/aromatic N) is 3. The van der Waals surface area contributed by atoms with Gasteiger partial charge in [0.15, 0.2) is 0 Å². The van der Waals surface area contributed by atoms with Crippen LogP contribution in [0.1, 0.15) is 19.8 Å². The van der Waals surface area contributed by atoms with Crippen LogP contribution < -0.4 is 0 Å². The fourth-order valence-electron chi connectivity index (χ4n) is 0.369. The number of hydrogen-bond donors (Lipinski definition) is 0. The number of unbranched alkanes of at least 4 members (excludes halogenated alkanes) is 1. The highest BCUT2D eigenvalue weighted by molar-refractivity contribution is 5.67. The number of hydrogen-bond acceptors (Lipinski definition) is 2. The molecular formula is C5H9N3O2. The quantitative estimate of drug-likeness (QED) is 0.263. The first-order valence-corrected chi connectivity index (χ1v) is 3.03. The summed E-state index contributed by atoms with van der Waals surface area (Å²) in [6.45, 7) is 2.30. The van der Waals surface area contributed by atoms with E-state index >= 15 is 0 Å². The number of carbonyl (C=O) groups excluding carboxylic acids is 1. The smallest absolute Gasteiger partial charge is 0.396 e. The molecule has 5 heteroatoms. The summed E-state index contributed by atoms with van der Waals surface area (Å²) in [5.74, 6) is 0. The Bertz CT molecular complexity index is 151. The largest absolute Gasteiger partial charge is 0.461 e. The molecule has 0 atom stereocenters. The Kier molecular flexibility index (Phi) is 5.19. The van der Waals surface area contributed by atoms with Crippen molar-refractivity contribution in [2.24, 2.45) is 5.11 Å². The Morgan fingerprint density at radius 1 is 1.80 bits per heavy atom. The van der Waals surface area contributed by atoms with Gasteiger partial charge >= 0.3 is 6.09 Å². The third kappa shape index (κ3) is 4.93. The molecule has 0 aliphatic rings. The van der Waals surface area contributed by atoms with Crippen LogP contribution in [0.3, 0.4) is 0 Å². The van der Waals surface area contributed by atoms with Crippen LogP contribution in [-0.4, -0.2) is 12.7 Å². The van der Waals surface area contributed by atoms with Crippen LogP contribution in [0.4, 0.5) is 4.79 Å². The minimum absolute atomic E-state index is 0.328. The van der Waals surface area contributed by atoms with E-state index in [-0.39, 0.29) is 0 Å². The molecular weight excluding hydrogens is 134 g/mol. The number of amides is 1. The minimum atomic E-state index is -0.851. The van der Waals surface area contributed by atoms with E-state index in [1.807, 2.05) is 6.92 Å². The second-order valence-electron chi connectivity index (χ2n) is 1.66. The second kappa shape index (κ2) is 5.91. The monoisotopic (exact) mass is 143 g/mol. The molecule has 5 nitrogen and oxygen atoms in total. The number of ether oxygens (including phenoxy) is 1. The molecule has 0 aliphatic heterocycles. The molecule has 0 aromatic heterocycles. The Labute approximate surface area is 58.6 Å². The van der Waals surface area contributed by atoms with Crippen molar-refractivity contribution in [2.45, 2.75) is 19.8 Å². The standard InChI is InChI=1S/C5H9N3O2/c1-2-3-4-10-5(9)7-8-6/h2-4H2,1H3. The fourth-order valence-corrected chi connectivity index (χ4v) is 0.369. The van der Waals surface area contributed by atoms with E-state index in [4.69, 9.17) is 5.53 Å². The highest BCUT2D eigenvalue weighted by Crippen LogP contribution is 1.90. The summed E-state index contributed by atoms with van der Waals surface area (Å²) in [5.41, 5.74) is 7.75. The van der Waals surface area contributed by atoms with E-state index in [0.29, 0.717) is 6.61 Å². The zero-order valence-corrected chi connectivity index (χ0v) is 5.78. The van der Waals surface area contributed by atoms with Gasteiger partial charge in [-0.25, -0.2) is 4.79 Å². The number of carbonyl (C=O) groups is 1. The van der Waals surface area contributed by atoms with Crippen molar-refractivity contribution in [1.82, 2.24) is 0 Å². The Hall–Kier alpha value is -1.22. The van der Waals surface area contributed by atoms with Gasteiger partial charge in [-0.05, 0) is 12.0 Å². The zero-order chi connectivity index (χ0) is 7.82. The average Bonchev–Trinajstić information content (AvgIpc) is 1.89. The third-order valence-electron chi connectivity index (χ3n) is 0.850. The van der Waals surface area contributed by atoms with Crippen molar-refractivity contribution in [2.75, 3.05) is 6.61 Å². The molecule has 56 valence electrons. The maximum Gasteiger partial charge on any atom is 0.396 e. The van der Waals surface area contributed by atoms with E-state index in [2.05, 4.69) is 14.8 Å². The first kappa shape index (κ1) is 8.78. The van der Waals surface area contributed by atoms with Gasteiger partial charge in [0.2, 0.25) is 0 Å². The van der Waals surface area contributed by atoms with Gasteiger partial charge in [0.05, 0.1) is 6.61 Å². The van der Waals surface area contributed by atoms with E-state index in [9.17, 15) is 4.79 Å². The van der Waals surface area contributed by atoms with E-state index in [0.717, 1.165) is 12.8 Å². The lowest BCUT2D eigenvalue weighted by Crippen LogP contribution is -1.98. The van der Waals surface area contributed by atoms with Crippen LogP contribution in [0.25, 0.3) is 10.4 Å². The highest BCUT2D eigenvalue weighted by atomic mass is 16.5. The van der Waals surface area contributed by atoms with Crippen LogP contribution in [0.2, 0.25) is 0 Å². The topological polar surface area (TPSA) is 75.1 Å². The first-order valence-electron chi connectivity index (χ1n) is 3.03. The van der Waals surface area contributed by atoms with E-state index in [1.54, 1.807) is 0 Å². The summed E-state index contributed by atoms with van der Waals surface area (Å²) in [6, 6.07) is 0. The van der Waals surface area contributed by atoms with Crippen LogP contribution in [-0.2, 0) is 4.74 Å². The molecule has 0 aliphatic carbocycles. The van der Waals surface area contributed by atoms with Gasteiger partial charge in [0.1, 0.15) is 0 Å². The van der Waals surface area contributed by atoms with Crippen molar-refractivity contribution < 1.29 is 9.53 Å². The summed E-state index contributed by atoms with van der Waals surface area (Å²) in [7, 11) is 0. The lowest BCUT2D eigenvalue weighted by atomic mass is 10.4. The predicted molar refractivity (Wildman–Crippen MR) is 35.4 cm³/mol. The molecule has 0 saturated heterocycles. The van der Waals surface area contributed by atoms with E-state index < -0.39 is 6.09 Å². The van der Waals surface area contributed by atoms with Crippen molar-refractivity contribution in [1.29, 1.82) is 0 Å². The number of rotatable bonds is 3. The molecule has 0 aromatic carbocycles. The van der Waals surface area contributed by atoms with Gasteiger partial charge in [-0.15, -0.1) is 0 Å². The Balaban J connectivity index is 3.31. The van der Waals surface area contributed by atoms with Gasteiger partial charge in [-0.3, -0.25) is 0 Å². The molecule has 0 rings (SSSR count). The van der Waals surface area contributed by atoms with Gasteiger partial charge in [-0.1, -0.05) is 13.3 Å². The Morgan fingerprint density at radius 2 is 2.50 bits per heavy atom. The summed E-state index contributed by atoms with van der Waals surface area (Å²) in [6.07, 6.45) is 0.895.